The van der Waals surface area contributed by atoms with E-state index >= 15 is 0 Å². The number of benzene rings is 1. The number of hydrogen-bond acceptors (Lipinski definition) is 6. The van der Waals surface area contributed by atoms with E-state index in [0.717, 1.165) is 24.3 Å². The zero-order chi connectivity index (χ0) is 17.8. The molecule has 0 unspecified atom stereocenters. The summed E-state index contributed by atoms with van der Waals surface area (Å²) in [7, 11) is 1.63. The molecule has 3 rings (SSSR count). The van der Waals surface area contributed by atoms with Crippen LogP contribution in [0.5, 0.6) is 5.75 Å². The second-order valence-corrected chi connectivity index (χ2v) is 7.23. The van der Waals surface area contributed by atoms with Gasteiger partial charge in [0, 0.05) is 12.1 Å². The Kier molecular flexibility index (Phi) is 5.57. The first-order valence-electron chi connectivity index (χ1n) is 8.47. The van der Waals surface area contributed by atoms with Gasteiger partial charge in [0.2, 0.25) is 11.1 Å². The second-order valence-electron chi connectivity index (χ2n) is 6.29. The van der Waals surface area contributed by atoms with Crippen LogP contribution in [0.3, 0.4) is 0 Å². The molecule has 0 radical (unpaired) electrons. The molecule has 1 aromatic heterocycles. The van der Waals surface area contributed by atoms with Gasteiger partial charge in [0.05, 0.1) is 18.6 Å². The maximum absolute atomic E-state index is 12.7. The molecule has 1 saturated heterocycles. The highest BCUT2D eigenvalue weighted by Crippen LogP contribution is 2.25. The summed E-state index contributed by atoms with van der Waals surface area (Å²) in [5.41, 5.74) is 0.834. The minimum atomic E-state index is 0.147. The van der Waals surface area contributed by atoms with Crippen molar-refractivity contribution in [3.63, 3.8) is 0 Å². The molecule has 1 amide bonds. The lowest BCUT2D eigenvalue weighted by molar-refractivity contribution is -0.134. The minimum Gasteiger partial charge on any atom is -0.497 e. The van der Waals surface area contributed by atoms with Gasteiger partial charge in [0.1, 0.15) is 5.75 Å². The first kappa shape index (κ1) is 17.7. The molecular weight excluding hydrogens is 338 g/mol. The second kappa shape index (κ2) is 7.86. The van der Waals surface area contributed by atoms with Crippen molar-refractivity contribution < 1.29 is 9.53 Å². The molecule has 2 aromatic rings. The molecule has 0 spiro atoms. The number of carbonyl (C=O) groups excluding carboxylic acids is 1. The molecule has 8 heteroatoms. The number of amides is 1. The van der Waals surface area contributed by atoms with E-state index < -0.39 is 0 Å². The van der Waals surface area contributed by atoms with Gasteiger partial charge in [0.15, 0.2) is 0 Å². The Balaban J connectivity index is 1.67. The molecule has 0 aliphatic carbocycles. The van der Waals surface area contributed by atoms with Crippen molar-refractivity contribution in [1.82, 2.24) is 25.1 Å². The number of methoxy groups -OCH3 is 1. The van der Waals surface area contributed by atoms with Crippen LogP contribution in [0.1, 0.15) is 33.1 Å². The fraction of sp³-hybridized carbons (Fsp3) is 0.529. The van der Waals surface area contributed by atoms with E-state index in [1.807, 2.05) is 29.2 Å². The van der Waals surface area contributed by atoms with Crippen LogP contribution in [0.25, 0.3) is 5.69 Å². The van der Waals surface area contributed by atoms with Crippen molar-refractivity contribution in [2.45, 2.75) is 50.4 Å². The van der Waals surface area contributed by atoms with Crippen LogP contribution in [-0.2, 0) is 4.79 Å². The average Bonchev–Trinajstić information content (AvgIpc) is 3.08. The number of hydrogen-bond donors (Lipinski definition) is 0. The number of nitrogens with zero attached hydrogens (tertiary/aromatic N) is 5. The normalized spacial score (nSPS) is 20.5. The summed E-state index contributed by atoms with van der Waals surface area (Å²) in [5, 5.41) is 12.4. The summed E-state index contributed by atoms with van der Waals surface area (Å²) >= 11 is 1.37. The van der Waals surface area contributed by atoms with Gasteiger partial charge in [-0.25, -0.2) is 0 Å². The van der Waals surface area contributed by atoms with Crippen molar-refractivity contribution in [2.24, 2.45) is 0 Å². The van der Waals surface area contributed by atoms with Crippen molar-refractivity contribution in [3.05, 3.63) is 24.3 Å². The van der Waals surface area contributed by atoms with Gasteiger partial charge < -0.3 is 9.64 Å². The lowest BCUT2D eigenvalue weighted by Gasteiger charge is -2.39. The van der Waals surface area contributed by atoms with Crippen LogP contribution in [0.15, 0.2) is 29.4 Å². The number of tetrazole rings is 1. The molecule has 1 aliphatic heterocycles. The summed E-state index contributed by atoms with van der Waals surface area (Å²) in [4.78, 5) is 14.7. The maximum Gasteiger partial charge on any atom is 0.233 e. The number of ether oxygens (including phenoxy) is 1. The molecule has 25 heavy (non-hydrogen) atoms. The van der Waals surface area contributed by atoms with Crippen LogP contribution in [0, 0.1) is 0 Å². The van der Waals surface area contributed by atoms with Crippen LogP contribution < -0.4 is 4.74 Å². The van der Waals surface area contributed by atoms with Crippen molar-refractivity contribution in [2.75, 3.05) is 12.9 Å². The lowest BCUT2D eigenvalue weighted by atomic mass is 9.98. The van der Waals surface area contributed by atoms with E-state index in [9.17, 15) is 4.79 Å². The Morgan fingerprint density at radius 1 is 1.24 bits per heavy atom. The third-order valence-electron chi connectivity index (χ3n) is 4.56. The molecular formula is C17H23N5O2S. The van der Waals surface area contributed by atoms with Gasteiger partial charge in [0.25, 0.3) is 0 Å². The molecule has 134 valence electrons. The Morgan fingerprint density at radius 3 is 2.56 bits per heavy atom. The zero-order valence-corrected chi connectivity index (χ0v) is 15.6. The maximum atomic E-state index is 12.7. The third kappa shape index (κ3) is 3.95. The highest BCUT2D eigenvalue weighted by molar-refractivity contribution is 7.99. The first-order chi connectivity index (χ1) is 12.1. The number of carbonyl (C=O) groups is 1. The van der Waals surface area contributed by atoms with E-state index in [0.29, 0.717) is 23.0 Å². The topological polar surface area (TPSA) is 73.1 Å². The largest absolute Gasteiger partial charge is 0.497 e. The quantitative estimate of drug-likeness (QED) is 0.762. The highest BCUT2D eigenvalue weighted by atomic mass is 32.2. The summed E-state index contributed by atoms with van der Waals surface area (Å²) in [6.07, 6.45) is 3.34. The number of aromatic nitrogens is 4. The van der Waals surface area contributed by atoms with E-state index in [4.69, 9.17) is 4.74 Å². The smallest absolute Gasteiger partial charge is 0.233 e. The van der Waals surface area contributed by atoms with Crippen molar-refractivity contribution in [1.29, 1.82) is 0 Å². The number of piperidine rings is 1. The Morgan fingerprint density at radius 2 is 1.92 bits per heavy atom. The third-order valence-corrected chi connectivity index (χ3v) is 5.47. The molecule has 2 atom stereocenters. The Bertz CT molecular complexity index is 708. The van der Waals surface area contributed by atoms with Gasteiger partial charge in [-0.3, -0.25) is 4.79 Å². The van der Waals surface area contributed by atoms with E-state index in [2.05, 4.69) is 29.4 Å². The molecule has 7 nitrogen and oxygen atoms in total. The molecule has 1 fully saturated rings. The van der Waals surface area contributed by atoms with Crippen molar-refractivity contribution >= 4 is 17.7 Å². The Labute approximate surface area is 151 Å². The van der Waals surface area contributed by atoms with Crippen LogP contribution in [0.2, 0.25) is 0 Å². The SMILES string of the molecule is COc1ccc(-n2nnnc2SCC(=O)N2[C@H](C)CCC[C@H]2C)cc1. The van der Waals surface area contributed by atoms with Gasteiger partial charge in [-0.1, -0.05) is 11.8 Å². The zero-order valence-electron chi connectivity index (χ0n) is 14.8. The average molecular weight is 361 g/mol. The summed E-state index contributed by atoms with van der Waals surface area (Å²) < 4.78 is 6.81. The van der Waals surface area contributed by atoms with Gasteiger partial charge in [-0.15, -0.1) is 5.10 Å². The molecule has 0 N–H and O–H groups in total. The fourth-order valence-corrected chi connectivity index (χ4v) is 4.03. The van der Waals surface area contributed by atoms with Crippen LogP contribution in [0.4, 0.5) is 0 Å². The lowest BCUT2D eigenvalue weighted by Crippen LogP contribution is -2.48. The Hall–Kier alpha value is -2.09. The van der Waals surface area contributed by atoms with E-state index in [-0.39, 0.29) is 5.91 Å². The summed E-state index contributed by atoms with van der Waals surface area (Å²) in [6, 6.07) is 8.08. The first-order valence-corrected chi connectivity index (χ1v) is 9.45. The molecule has 2 heterocycles. The standard InChI is InChI=1S/C17H23N5O2S/c1-12-5-4-6-13(2)21(12)16(23)11-25-17-18-19-20-22(17)14-7-9-15(24-3)10-8-14/h7-10,12-13H,4-6,11H2,1-3H3/t12-,13-/m1/s1. The fourth-order valence-electron chi connectivity index (χ4n) is 3.27. The van der Waals surface area contributed by atoms with E-state index in [1.165, 1.54) is 18.2 Å². The highest BCUT2D eigenvalue weighted by Gasteiger charge is 2.29. The monoisotopic (exact) mass is 361 g/mol. The molecule has 0 saturated carbocycles. The molecule has 1 aliphatic rings. The molecule has 0 bridgehead atoms. The van der Waals surface area contributed by atoms with Crippen molar-refractivity contribution in [3.8, 4) is 11.4 Å². The van der Waals surface area contributed by atoms with Crippen LogP contribution in [-0.4, -0.2) is 56.0 Å². The predicted molar refractivity (Wildman–Crippen MR) is 96.1 cm³/mol. The predicted octanol–water partition coefficient (Wildman–Crippen LogP) is 2.55. The number of likely N-dealkylation sites (tertiary alicyclic amines) is 1. The number of thioether (sulfide) groups is 1. The van der Waals surface area contributed by atoms with Gasteiger partial charge in [-0.05, 0) is 67.8 Å². The minimum absolute atomic E-state index is 0.147. The van der Waals surface area contributed by atoms with Gasteiger partial charge in [-0.2, -0.15) is 4.68 Å². The molecule has 1 aromatic carbocycles. The number of rotatable bonds is 5. The van der Waals surface area contributed by atoms with Gasteiger partial charge >= 0.3 is 0 Å². The summed E-state index contributed by atoms with van der Waals surface area (Å²) in [5.74, 6) is 1.26. The summed E-state index contributed by atoms with van der Waals surface area (Å²) in [6.45, 7) is 4.25. The van der Waals surface area contributed by atoms with E-state index in [1.54, 1.807) is 11.8 Å². The van der Waals surface area contributed by atoms with Crippen LogP contribution >= 0.6 is 11.8 Å².